The van der Waals surface area contributed by atoms with Crippen LogP contribution in [0.15, 0.2) is 54.7 Å². The summed E-state index contributed by atoms with van der Waals surface area (Å²) in [6.45, 7) is 2.87. The second-order valence-electron chi connectivity index (χ2n) is 10.7. The highest BCUT2D eigenvalue weighted by Gasteiger charge is 2.43. The Morgan fingerprint density at radius 3 is 2.71 bits per heavy atom. The van der Waals surface area contributed by atoms with Crippen molar-refractivity contribution in [3.63, 3.8) is 0 Å². The van der Waals surface area contributed by atoms with Gasteiger partial charge >= 0.3 is 5.97 Å². The van der Waals surface area contributed by atoms with Crippen LogP contribution in [0.5, 0.6) is 5.75 Å². The lowest BCUT2D eigenvalue weighted by Crippen LogP contribution is -2.32. The highest BCUT2D eigenvalue weighted by atomic mass is 16.5. The number of amides is 1. The van der Waals surface area contributed by atoms with Crippen molar-refractivity contribution < 1.29 is 19.4 Å². The van der Waals surface area contributed by atoms with Crippen molar-refractivity contribution in [1.29, 1.82) is 0 Å². The van der Waals surface area contributed by atoms with Crippen LogP contribution in [0.2, 0.25) is 0 Å². The highest BCUT2D eigenvalue weighted by Crippen LogP contribution is 2.50. The van der Waals surface area contributed by atoms with Gasteiger partial charge in [0.05, 0.1) is 24.4 Å². The highest BCUT2D eigenvalue weighted by molar-refractivity contribution is 5.76. The molecular formula is C31H35N3O4. The Balaban J connectivity index is 1.08. The van der Waals surface area contributed by atoms with Gasteiger partial charge in [0.15, 0.2) is 0 Å². The summed E-state index contributed by atoms with van der Waals surface area (Å²) in [6.07, 6.45) is 8.30. The van der Waals surface area contributed by atoms with Crippen molar-refractivity contribution in [2.75, 3.05) is 6.61 Å². The van der Waals surface area contributed by atoms with Crippen LogP contribution in [-0.4, -0.2) is 33.8 Å². The van der Waals surface area contributed by atoms with Gasteiger partial charge in [0, 0.05) is 18.5 Å². The van der Waals surface area contributed by atoms with E-state index in [1.165, 1.54) is 11.1 Å². The molecule has 7 heteroatoms. The molecule has 2 aromatic carbocycles. The van der Waals surface area contributed by atoms with Crippen molar-refractivity contribution in [2.45, 2.75) is 70.3 Å². The van der Waals surface area contributed by atoms with Gasteiger partial charge in [-0.1, -0.05) is 24.3 Å². The van der Waals surface area contributed by atoms with E-state index in [0.29, 0.717) is 26.0 Å². The van der Waals surface area contributed by atoms with E-state index in [0.717, 1.165) is 66.7 Å². The molecule has 38 heavy (non-hydrogen) atoms. The quantitative estimate of drug-likeness (QED) is 0.372. The number of hydrogen-bond acceptors (Lipinski definition) is 5. The first kappa shape index (κ1) is 25.9. The molecule has 2 aliphatic carbocycles. The van der Waals surface area contributed by atoms with Gasteiger partial charge in [-0.3, -0.25) is 9.59 Å². The SMILES string of the molecule is Cc1cc(-c2cccc(CNC(=O)CCCOc3ccc4c(c3)C3(CC4)CCC(C(=O)O)CC3)c2)cnn1. The van der Waals surface area contributed by atoms with E-state index in [9.17, 15) is 14.7 Å². The second kappa shape index (κ2) is 11.3. The minimum Gasteiger partial charge on any atom is -0.494 e. The first-order chi connectivity index (χ1) is 18.4. The number of carboxylic acid groups (broad SMARTS) is 1. The van der Waals surface area contributed by atoms with Gasteiger partial charge in [-0.05, 0) is 104 Å². The molecular weight excluding hydrogens is 478 g/mol. The lowest BCUT2D eigenvalue weighted by molar-refractivity contribution is -0.143. The molecule has 0 atom stereocenters. The molecule has 1 saturated carbocycles. The number of nitrogens with one attached hydrogen (secondary N) is 1. The number of aryl methyl sites for hydroxylation is 2. The molecule has 0 unspecified atom stereocenters. The molecule has 0 aliphatic heterocycles. The standard InChI is InChI=1S/C31H35N3O4/c1-21-16-26(20-33-34-21)25-5-2-4-22(17-25)19-32-29(35)6-3-15-38-27-8-7-23-9-12-31(28(23)18-27)13-10-24(11-14-31)30(36)37/h2,4-5,7-8,16-18,20,24H,3,6,9-15,19H2,1H3,(H,32,35)(H,36,37). The summed E-state index contributed by atoms with van der Waals surface area (Å²) in [7, 11) is 0. The van der Waals surface area contributed by atoms with E-state index in [2.05, 4.69) is 33.7 Å². The molecule has 0 saturated heterocycles. The molecule has 0 bridgehead atoms. The third kappa shape index (κ3) is 5.87. The summed E-state index contributed by atoms with van der Waals surface area (Å²) >= 11 is 0. The third-order valence-electron chi connectivity index (χ3n) is 8.16. The predicted octanol–water partition coefficient (Wildman–Crippen LogP) is 5.39. The summed E-state index contributed by atoms with van der Waals surface area (Å²) in [4.78, 5) is 23.8. The van der Waals surface area contributed by atoms with Crippen LogP contribution in [0, 0.1) is 12.8 Å². The van der Waals surface area contributed by atoms with Gasteiger partial charge in [0.1, 0.15) is 5.75 Å². The Labute approximate surface area is 223 Å². The predicted molar refractivity (Wildman–Crippen MR) is 145 cm³/mol. The van der Waals surface area contributed by atoms with E-state index in [1.54, 1.807) is 6.20 Å². The summed E-state index contributed by atoms with van der Waals surface area (Å²) in [5, 5.41) is 20.4. The number of hydrogen-bond donors (Lipinski definition) is 2. The van der Waals surface area contributed by atoms with Crippen molar-refractivity contribution in [3.8, 4) is 16.9 Å². The number of ether oxygens (including phenoxy) is 1. The molecule has 1 aromatic heterocycles. The number of carbonyl (C=O) groups excluding carboxylic acids is 1. The zero-order chi connectivity index (χ0) is 26.5. The van der Waals surface area contributed by atoms with Gasteiger partial charge in [-0.2, -0.15) is 10.2 Å². The zero-order valence-electron chi connectivity index (χ0n) is 21.9. The molecule has 1 amide bonds. The molecule has 1 fully saturated rings. The van der Waals surface area contributed by atoms with Gasteiger partial charge in [-0.25, -0.2) is 0 Å². The van der Waals surface area contributed by atoms with Crippen LogP contribution in [-0.2, 0) is 28.0 Å². The summed E-state index contributed by atoms with van der Waals surface area (Å²) < 4.78 is 6.03. The maximum atomic E-state index is 12.4. The van der Waals surface area contributed by atoms with Gasteiger partial charge in [-0.15, -0.1) is 0 Å². The summed E-state index contributed by atoms with van der Waals surface area (Å²) in [5.41, 5.74) is 6.77. The first-order valence-corrected chi connectivity index (χ1v) is 13.6. The van der Waals surface area contributed by atoms with Gasteiger partial charge in [0.25, 0.3) is 0 Å². The van der Waals surface area contributed by atoms with Crippen LogP contribution in [0.25, 0.3) is 11.1 Å². The Morgan fingerprint density at radius 2 is 1.92 bits per heavy atom. The number of aromatic nitrogens is 2. The molecule has 2 N–H and O–H groups in total. The monoisotopic (exact) mass is 513 g/mol. The Kier molecular flexibility index (Phi) is 7.72. The number of carbonyl (C=O) groups is 2. The molecule has 3 aromatic rings. The van der Waals surface area contributed by atoms with E-state index in [-0.39, 0.29) is 17.2 Å². The molecule has 198 valence electrons. The fourth-order valence-electron chi connectivity index (χ4n) is 6.01. The molecule has 0 radical (unpaired) electrons. The Hall–Kier alpha value is -3.74. The normalized spacial score (nSPS) is 20.2. The molecule has 1 heterocycles. The minimum atomic E-state index is -0.662. The van der Waals surface area contributed by atoms with Crippen LogP contribution < -0.4 is 10.1 Å². The average molecular weight is 514 g/mol. The summed E-state index contributed by atoms with van der Waals surface area (Å²) in [6, 6.07) is 16.4. The van der Waals surface area contributed by atoms with E-state index >= 15 is 0 Å². The maximum Gasteiger partial charge on any atom is 0.306 e. The molecule has 5 rings (SSSR count). The number of aliphatic carboxylic acids is 1. The van der Waals surface area contributed by atoms with Gasteiger partial charge < -0.3 is 15.2 Å². The molecule has 7 nitrogen and oxygen atoms in total. The lowest BCUT2D eigenvalue weighted by Gasteiger charge is -2.37. The molecule has 2 aliphatic rings. The maximum absolute atomic E-state index is 12.4. The average Bonchev–Trinajstić information content (AvgIpc) is 3.27. The largest absolute Gasteiger partial charge is 0.494 e. The fourth-order valence-corrected chi connectivity index (χ4v) is 6.01. The van der Waals surface area contributed by atoms with Crippen LogP contribution in [0.4, 0.5) is 0 Å². The number of nitrogens with zero attached hydrogens (tertiary/aromatic N) is 2. The zero-order valence-corrected chi connectivity index (χ0v) is 21.9. The Bertz CT molecular complexity index is 1310. The first-order valence-electron chi connectivity index (χ1n) is 13.6. The van der Waals surface area contributed by atoms with Crippen LogP contribution in [0.3, 0.4) is 0 Å². The van der Waals surface area contributed by atoms with E-state index < -0.39 is 5.97 Å². The Morgan fingerprint density at radius 1 is 1.08 bits per heavy atom. The van der Waals surface area contributed by atoms with Gasteiger partial charge in [0.2, 0.25) is 5.91 Å². The number of benzene rings is 2. The lowest BCUT2D eigenvalue weighted by atomic mass is 9.67. The van der Waals surface area contributed by atoms with Crippen LogP contribution >= 0.6 is 0 Å². The third-order valence-corrected chi connectivity index (χ3v) is 8.16. The number of fused-ring (bicyclic) bond motifs is 2. The summed E-state index contributed by atoms with van der Waals surface area (Å²) in [5.74, 6) is -0.0283. The van der Waals surface area contributed by atoms with E-state index in [4.69, 9.17) is 4.74 Å². The topological polar surface area (TPSA) is 101 Å². The number of carboxylic acids is 1. The number of rotatable bonds is 9. The fraction of sp³-hybridized carbons (Fsp3) is 0.419. The van der Waals surface area contributed by atoms with Crippen molar-refractivity contribution >= 4 is 11.9 Å². The van der Waals surface area contributed by atoms with Crippen molar-refractivity contribution in [1.82, 2.24) is 15.5 Å². The second-order valence-corrected chi connectivity index (χ2v) is 10.7. The van der Waals surface area contributed by atoms with Crippen molar-refractivity contribution in [2.24, 2.45) is 5.92 Å². The smallest absolute Gasteiger partial charge is 0.306 e. The van der Waals surface area contributed by atoms with Crippen LogP contribution in [0.1, 0.15) is 67.3 Å². The molecule has 1 spiro atoms. The van der Waals surface area contributed by atoms with E-state index in [1.807, 2.05) is 37.3 Å². The van der Waals surface area contributed by atoms with Crippen molar-refractivity contribution in [3.05, 3.63) is 77.1 Å². The minimum absolute atomic E-state index is 0.00326.